The fourth-order valence-electron chi connectivity index (χ4n) is 3.61. The number of rotatable bonds is 6. The Labute approximate surface area is 138 Å². The van der Waals surface area contributed by atoms with Gasteiger partial charge in [-0.25, -0.2) is 0 Å². The van der Waals surface area contributed by atoms with E-state index < -0.39 is 0 Å². The Morgan fingerprint density at radius 1 is 1.35 bits per heavy atom. The van der Waals surface area contributed by atoms with Gasteiger partial charge in [-0.05, 0) is 44.7 Å². The Kier molecular flexibility index (Phi) is 5.80. The number of ether oxygens (including phenoxy) is 2. The topological polar surface area (TPSA) is 59.5 Å². The van der Waals surface area contributed by atoms with Crippen LogP contribution in [0.4, 0.5) is 5.82 Å². The molecule has 2 aliphatic rings. The van der Waals surface area contributed by atoms with Crippen molar-refractivity contribution in [3.05, 3.63) is 17.8 Å². The molecule has 0 spiro atoms. The summed E-state index contributed by atoms with van der Waals surface area (Å²) in [5.74, 6) is 1.43. The molecule has 3 heterocycles. The highest BCUT2D eigenvalue weighted by Gasteiger charge is 2.39. The average molecular weight is 320 g/mol. The fourth-order valence-corrected chi connectivity index (χ4v) is 3.61. The van der Waals surface area contributed by atoms with Crippen LogP contribution in [0.5, 0.6) is 0 Å². The van der Waals surface area contributed by atoms with E-state index in [4.69, 9.17) is 9.47 Å². The molecule has 0 aliphatic carbocycles. The Morgan fingerprint density at radius 2 is 2.26 bits per heavy atom. The summed E-state index contributed by atoms with van der Waals surface area (Å²) >= 11 is 0. The van der Waals surface area contributed by atoms with Gasteiger partial charge in [0.25, 0.3) is 0 Å². The van der Waals surface area contributed by atoms with Crippen LogP contribution >= 0.6 is 0 Å². The maximum absolute atomic E-state index is 6.10. The van der Waals surface area contributed by atoms with Gasteiger partial charge in [-0.2, -0.15) is 5.10 Å². The number of anilines is 1. The number of likely N-dealkylation sites (tertiary alicyclic amines) is 1. The third kappa shape index (κ3) is 4.40. The first-order valence-corrected chi connectivity index (χ1v) is 8.75. The molecule has 0 amide bonds. The second-order valence-electron chi connectivity index (χ2n) is 6.50. The number of nitrogens with zero attached hydrogens (tertiary/aromatic N) is 3. The van der Waals surface area contributed by atoms with Crippen LogP contribution in [-0.2, 0) is 9.47 Å². The van der Waals surface area contributed by atoms with Crippen molar-refractivity contribution < 1.29 is 9.47 Å². The lowest BCUT2D eigenvalue weighted by atomic mass is 9.85. The Balaban J connectivity index is 1.65. The fraction of sp³-hybridized carbons (Fsp3) is 0.765. The molecule has 2 aliphatic heterocycles. The summed E-state index contributed by atoms with van der Waals surface area (Å²) in [6, 6.07) is 4.25. The van der Waals surface area contributed by atoms with Crippen LogP contribution < -0.4 is 5.32 Å². The van der Waals surface area contributed by atoms with Crippen molar-refractivity contribution in [1.82, 2.24) is 15.1 Å². The molecule has 1 aromatic rings. The molecule has 2 fully saturated rings. The number of nitrogens with one attached hydrogen (secondary N) is 1. The van der Waals surface area contributed by atoms with Gasteiger partial charge in [0.05, 0.1) is 24.4 Å². The van der Waals surface area contributed by atoms with E-state index in [9.17, 15) is 0 Å². The molecule has 23 heavy (non-hydrogen) atoms. The number of hydrogen-bond donors (Lipinski definition) is 1. The molecule has 3 rings (SSSR count). The summed E-state index contributed by atoms with van der Waals surface area (Å²) in [6.07, 6.45) is 2.68. The molecular weight excluding hydrogens is 292 g/mol. The zero-order valence-electron chi connectivity index (χ0n) is 14.2. The van der Waals surface area contributed by atoms with Gasteiger partial charge in [0.1, 0.15) is 5.82 Å². The average Bonchev–Trinajstić information content (AvgIpc) is 2.57. The summed E-state index contributed by atoms with van der Waals surface area (Å²) in [5, 5.41) is 11.9. The van der Waals surface area contributed by atoms with Gasteiger partial charge in [0.2, 0.25) is 0 Å². The highest BCUT2D eigenvalue weighted by atomic mass is 16.5. The second-order valence-corrected chi connectivity index (χ2v) is 6.50. The second kappa shape index (κ2) is 8.04. The Morgan fingerprint density at radius 3 is 3.04 bits per heavy atom. The molecular formula is C17H28N4O2. The van der Waals surface area contributed by atoms with Crippen LogP contribution in [0.3, 0.4) is 0 Å². The monoisotopic (exact) mass is 320 g/mol. The number of aryl methyl sites for hydroxylation is 1. The summed E-state index contributed by atoms with van der Waals surface area (Å²) < 4.78 is 11.6. The highest BCUT2D eigenvalue weighted by molar-refractivity contribution is 5.35. The van der Waals surface area contributed by atoms with Crippen molar-refractivity contribution in [1.29, 1.82) is 0 Å². The van der Waals surface area contributed by atoms with Crippen LogP contribution in [0.1, 0.15) is 25.5 Å². The predicted molar refractivity (Wildman–Crippen MR) is 89.6 cm³/mol. The van der Waals surface area contributed by atoms with Crippen molar-refractivity contribution in [3.8, 4) is 0 Å². The molecule has 0 aromatic carbocycles. The first-order valence-electron chi connectivity index (χ1n) is 8.75. The van der Waals surface area contributed by atoms with Gasteiger partial charge in [0.15, 0.2) is 0 Å². The van der Waals surface area contributed by atoms with E-state index in [1.165, 1.54) is 6.42 Å². The molecule has 2 saturated heterocycles. The maximum Gasteiger partial charge on any atom is 0.149 e. The van der Waals surface area contributed by atoms with E-state index in [2.05, 4.69) is 20.4 Å². The molecule has 1 unspecified atom stereocenters. The van der Waals surface area contributed by atoms with Gasteiger partial charge < -0.3 is 14.8 Å². The van der Waals surface area contributed by atoms with Gasteiger partial charge in [-0.3, -0.25) is 4.90 Å². The molecule has 3 atom stereocenters. The lowest BCUT2D eigenvalue weighted by molar-refractivity contribution is -0.0760. The zero-order valence-corrected chi connectivity index (χ0v) is 14.2. The predicted octanol–water partition coefficient (Wildman–Crippen LogP) is 1.71. The first-order chi connectivity index (χ1) is 11.3. The summed E-state index contributed by atoms with van der Waals surface area (Å²) in [6.45, 7) is 9.50. The molecule has 6 nitrogen and oxygen atoms in total. The maximum atomic E-state index is 6.10. The standard InChI is InChI=1S/C17H28N4O2/c1-3-22-10-8-21-11-14-5-4-9-23-17(14)15(12-21)18-16-7-6-13(2)19-20-16/h6-7,14-15,17H,3-5,8-12H2,1-2H3,(H,18,20)/t14-,15?,17-/m0/s1. The molecule has 1 aromatic heterocycles. The number of aromatic nitrogens is 2. The SMILES string of the molecule is CCOCCN1CC(Nc2ccc(C)nn2)[C@H]2OCCC[C@H]2C1. The molecule has 128 valence electrons. The largest absolute Gasteiger partial charge is 0.380 e. The van der Waals surface area contributed by atoms with Crippen LogP contribution in [0.2, 0.25) is 0 Å². The Hall–Kier alpha value is -1.24. The lowest BCUT2D eigenvalue weighted by Gasteiger charge is -2.46. The minimum Gasteiger partial charge on any atom is -0.380 e. The highest BCUT2D eigenvalue weighted by Crippen LogP contribution is 2.29. The smallest absolute Gasteiger partial charge is 0.149 e. The van der Waals surface area contributed by atoms with Crippen molar-refractivity contribution in [2.75, 3.05) is 44.8 Å². The molecule has 0 bridgehead atoms. The van der Waals surface area contributed by atoms with Gasteiger partial charge in [0, 0.05) is 32.8 Å². The van der Waals surface area contributed by atoms with Crippen LogP contribution in [0.25, 0.3) is 0 Å². The first kappa shape index (κ1) is 16.6. The number of fused-ring (bicyclic) bond motifs is 1. The molecule has 0 radical (unpaired) electrons. The third-order valence-electron chi connectivity index (χ3n) is 4.73. The third-order valence-corrected chi connectivity index (χ3v) is 4.73. The van der Waals surface area contributed by atoms with Gasteiger partial charge in [-0.1, -0.05) is 0 Å². The molecule has 0 saturated carbocycles. The summed E-state index contributed by atoms with van der Waals surface area (Å²) in [4.78, 5) is 2.49. The summed E-state index contributed by atoms with van der Waals surface area (Å²) in [7, 11) is 0. The van der Waals surface area contributed by atoms with E-state index >= 15 is 0 Å². The van der Waals surface area contributed by atoms with Crippen LogP contribution in [-0.4, -0.2) is 66.7 Å². The van der Waals surface area contributed by atoms with Crippen molar-refractivity contribution >= 4 is 5.82 Å². The van der Waals surface area contributed by atoms with Gasteiger partial charge >= 0.3 is 0 Å². The quantitative estimate of drug-likeness (QED) is 0.805. The van der Waals surface area contributed by atoms with Crippen molar-refractivity contribution in [3.63, 3.8) is 0 Å². The van der Waals surface area contributed by atoms with E-state index in [1.54, 1.807) is 0 Å². The normalized spacial score (nSPS) is 28.3. The van der Waals surface area contributed by atoms with Crippen LogP contribution in [0, 0.1) is 12.8 Å². The number of hydrogen-bond acceptors (Lipinski definition) is 6. The van der Waals surface area contributed by atoms with E-state index in [1.807, 2.05) is 26.0 Å². The van der Waals surface area contributed by atoms with E-state index in [-0.39, 0.29) is 12.1 Å². The lowest BCUT2D eigenvalue weighted by Crippen LogP contribution is -2.58. The minimum absolute atomic E-state index is 0.257. The molecule has 1 N–H and O–H groups in total. The van der Waals surface area contributed by atoms with Crippen LogP contribution in [0.15, 0.2) is 12.1 Å². The summed E-state index contributed by atoms with van der Waals surface area (Å²) in [5.41, 5.74) is 0.935. The number of piperidine rings is 1. The molecule has 6 heteroatoms. The van der Waals surface area contributed by atoms with Crippen molar-refractivity contribution in [2.45, 2.75) is 38.8 Å². The Bertz CT molecular complexity index is 482. The minimum atomic E-state index is 0.257. The van der Waals surface area contributed by atoms with E-state index in [0.29, 0.717) is 5.92 Å². The van der Waals surface area contributed by atoms with E-state index in [0.717, 1.165) is 57.4 Å². The van der Waals surface area contributed by atoms with Crippen molar-refractivity contribution in [2.24, 2.45) is 5.92 Å². The van der Waals surface area contributed by atoms with Gasteiger partial charge in [-0.15, -0.1) is 5.10 Å². The zero-order chi connectivity index (χ0) is 16.1.